The monoisotopic (exact) mass is 260 g/mol. The topological polar surface area (TPSA) is 97.1 Å². The van der Waals surface area contributed by atoms with Crippen molar-refractivity contribution in [2.24, 2.45) is 0 Å². The van der Waals surface area contributed by atoms with Gasteiger partial charge in [-0.15, -0.1) is 0 Å². The Morgan fingerprint density at radius 1 is 1.11 bits per heavy atom. The van der Waals surface area contributed by atoms with E-state index in [1.54, 1.807) is 36.7 Å². The summed E-state index contributed by atoms with van der Waals surface area (Å²) in [7, 11) is 0. The fourth-order valence-electron chi connectivity index (χ4n) is 1.47. The summed E-state index contributed by atoms with van der Waals surface area (Å²) >= 11 is 0. The molecule has 19 heavy (non-hydrogen) atoms. The van der Waals surface area contributed by atoms with E-state index in [9.17, 15) is 9.59 Å². The number of benzene rings is 1. The van der Waals surface area contributed by atoms with Crippen molar-refractivity contribution in [2.45, 2.75) is 12.8 Å². The first-order valence-corrected chi connectivity index (χ1v) is 5.63. The highest BCUT2D eigenvalue weighted by Crippen LogP contribution is 2.12. The largest absolute Gasteiger partial charge is 0.481 e. The van der Waals surface area contributed by atoms with Crippen LogP contribution in [0.15, 0.2) is 36.7 Å². The van der Waals surface area contributed by atoms with Crippen molar-refractivity contribution in [1.82, 2.24) is 15.0 Å². The van der Waals surface area contributed by atoms with Gasteiger partial charge in [-0.2, -0.15) is 15.0 Å². The van der Waals surface area contributed by atoms with Gasteiger partial charge in [0, 0.05) is 12.1 Å². The van der Waals surface area contributed by atoms with Gasteiger partial charge in [-0.1, -0.05) is 0 Å². The van der Waals surface area contributed by atoms with E-state index >= 15 is 0 Å². The van der Waals surface area contributed by atoms with Crippen molar-refractivity contribution in [1.29, 1.82) is 0 Å². The zero-order chi connectivity index (χ0) is 13.7. The Labute approximate surface area is 108 Å². The molecule has 1 heterocycles. The number of aliphatic carboxylic acids is 1. The number of carbonyl (C=O) groups excluding carboxylic acids is 1. The third-order valence-corrected chi connectivity index (χ3v) is 2.37. The molecule has 0 unspecified atom stereocenters. The summed E-state index contributed by atoms with van der Waals surface area (Å²) in [4.78, 5) is 23.2. The van der Waals surface area contributed by atoms with Crippen molar-refractivity contribution in [3.05, 3.63) is 36.7 Å². The molecule has 0 aliphatic carbocycles. The minimum absolute atomic E-state index is 0.0439. The Bertz CT molecular complexity index is 563. The summed E-state index contributed by atoms with van der Waals surface area (Å²) in [6, 6.07) is 6.92. The first-order valence-electron chi connectivity index (χ1n) is 5.63. The molecule has 98 valence electrons. The minimum atomic E-state index is -0.991. The van der Waals surface area contributed by atoms with E-state index in [-0.39, 0.29) is 18.7 Å². The maximum absolute atomic E-state index is 11.4. The maximum atomic E-state index is 11.4. The Hall–Kier alpha value is -2.70. The van der Waals surface area contributed by atoms with Gasteiger partial charge in [-0.3, -0.25) is 9.59 Å². The molecule has 0 aliphatic rings. The third-order valence-electron chi connectivity index (χ3n) is 2.37. The smallest absolute Gasteiger partial charge is 0.303 e. The van der Waals surface area contributed by atoms with Crippen LogP contribution >= 0.6 is 0 Å². The van der Waals surface area contributed by atoms with Crippen LogP contribution in [0.2, 0.25) is 0 Å². The lowest BCUT2D eigenvalue weighted by atomic mass is 10.2. The number of carboxylic acid groups (broad SMARTS) is 1. The highest BCUT2D eigenvalue weighted by atomic mass is 16.4. The third kappa shape index (κ3) is 3.63. The van der Waals surface area contributed by atoms with Crippen LogP contribution in [0.25, 0.3) is 5.69 Å². The molecule has 2 rings (SSSR count). The minimum Gasteiger partial charge on any atom is -0.481 e. The zero-order valence-electron chi connectivity index (χ0n) is 9.98. The lowest BCUT2D eigenvalue weighted by molar-refractivity contribution is -0.138. The molecule has 1 amide bonds. The van der Waals surface area contributed by atoms with Crippen LogP contribution in [0, 0.1) is 0 Å². The molecule has 0 radical (unpaired) electrons. The molecule has 2 N–H and O–H groups in total. The standard InChI is InChI=1S/C12H12N4O3/c17-11(5-6-12(18)19)15-9-1-3-10(4-2-9)16-13-7-8-14-16/h1-4,7-8H,5-6H2,(H,15,17)(H,18,19). The number of hydrogen-bond donors (Lipinski definition) is 2. The number of rotatable bonds is 5. The molecule has 1 aromatic carbocycles. The fraction of sp³-hybridized carbons (Fsp3) is 0.167. The van der Waals surface area contributed by atoms with Crippen LogP contribution < -0.4 is 5.32 Å². The van der Waals surface area contributed by atoms with E-state index in [2.05, 4.69) is 15.5 Å². The van der Waals surface area contributed by atoms with Gasteiger partial charge < -0.3 is 10.4 Å². The van der Waals surface area contributed by atoms with Gasteiger partial charge >= 0.3 is 5.97 Å². The number of nitrogens with zero attached hydrogens (tertiary/aromatic N) is 3. The van der Waals surface area contributed by atoms with Crippen molar-refractivity contribution >= 4 is 17.6 Å². The first-order chi connectivity index (χ1) is 9.15. The van der Waals surface area contributed by atoms with Crippen molar-refractivity contribution in [3.8, 4) is 5.69 Å². The molecule has 0 spiro atoms. The van der Waals surface area contributed by atoms with E-state index < -0.39 is 5.97 Å². The van der Waals surface area contributed by atoms with Gasteiger partial charge in [0.1, 0.15) is 0 Å². The van der Waals surface area contributed by atoms with Gasteiger partial charge in [0.15, 0.2) is 0 Å². The molecule has 0 bridgehead atoms. The predicted molar refractivity (Wildman–Crippen MR) is 66.9 cm³/mol. The van der Waals surface area contributed by atoms with Crippen LogP contribution in [-0.4, -0.2) is 32.0 Å². The van der Waals surface area contributed by atoms with E-state index in [0.717, 1.165) is 5.69 Å². The summed E-state index contributed by atoms with van der Waals surface area (Å²) < 4.78 is 0. The summed E-state index contributed by atoms with van der Waals surface area (Å²) in [5, 5.41) is 19.0. The Balaban J connectivity index is 1.95. The molecule has 7 heteroatoms. The molecule has 0 saturated heterocycles. The van der Waals surface area contributed by atoms with Gasteiger partial charge in [-0.25, -0.2) is 0 Å². The normalized spacial score (nSPS) is 10.1. The predicted octanol–water partition coefficient (Wildman–Crippen LogP) is 1.07. The number of carbonyl (C=O) groups is 2. The quantitative estimate of drug-likeness (QED) is 0.838. The molecular weight excluding hydrogens is 248 g/mol. The second-order valence-electron chi connectivity index (χ2n) is 3.81. The lowest BCUT2D eigenvalue weighted by Gasteiger charge is -2.05. The van der Waals surface area contributed by atoms with Crippen LogP contribution in [0.4, 0.5) is 5.69 Å². The second kappa shape index (κ2) is 5.76. The van der Waals surface area contributed by atoms with Gasteiger partial charge in [-0.05, 0) is 24.3 Å². The molecule has 0 saturated carbocycles. The number of aromatic nitrogens is 3. The van der Waals surface area contributed by atoms with Gasteiger partial charge in [0.25, 0.3) is 0 Å². The van der Waals surface area contributed by atoms with Crippen molar-refractivity contribution in [2.75, 3.05) is 5.32 Å². The van der Waals surface area contributed by atoms with E-state index in [4.69, 9.17) is 5.11 Å². The van der Waals surface area contributed by atoms with E-state index in [1.807, 2.05) is 0 Å². The Morgan fingerprint density at radius 2 is 1.74 bits per heavy atom. The van der Waals surface area contributed by atoms with Crippen LogP contribution in [0.3, 0.4) is 0 Å². The summed E-state index contributed by atoms with van der Waals surface area (Å²) in [6.45, 7) is 0. The number of carboxylic acids is 1. The first kappa shape index (κ1) is 12.7. The molecule has 0 aliphatic heterocycles. The summed E-state index contributed by atoms with van der Waals surface area (Å²) in [5.74, 6) is -1.32. The second-order valence-corrected chi connectivity index (χ2v) is 3.81. The van der Waals surface area contributed by atoms with E-state index in [1.165, 1.54) is 4.80 Å². The average molecular weight is 260 g/mol. The Kier molecular flexibility index (Phi) is 3.87. The van der Waals surface area contributed by atoms with Gasteiger partial charge in [0.2, 0.25) is 5.91 Å². The van der Waals surface area contributed by atoms with Gasteiger partial charge in [0.05, 0.1) is 24.5 Å². The average Bonchev–Trinajstić information content (AvgIpc) is 2.91. The molecule has 1 aromatic heterocycles. The molecule has 0 fully saturated rings. The number of anilines is 1. The maximum Gasteiger partial charge on any atom is 0.303 e. The highest BCUT2D eigenvalue weighted by molar-refractivity contribution is 5.92. The van der Waals surface area contributed by atoms with E-state index in [0.29, 0.717) is 5.69 Å². The molecule has 7 nitrogen and oxygen atoms in total. The number of hydrogen-bond acceptors (Lipinski definition) is 4. The van der Waals surface area contributed by atoms with Crippen LogP contribution in [0.5, 0.6) is 0 Å². The highest BCUT2D eigenvalue weighted by Gasteiger charge is 2.06. The van der Waals surface area contributed by atoms with Crippen LogP contribution in [-0.2, 0) is 9.59 Å². The van der Waals surface area contributed by atoms with Crippen molar-refractivity contribution < 1.29 is 14.7 Å². The summed E-state index contributed by atoms with van der Waals surface area (Å²) in [6.07, 6.45) is 2.92. The Morgan fingerprint density at radius 3 is 2.32 bits per heavy atom. The lowest BCUT2D eigenvalue weighted by Crippen LogP contribution is -2.13. The molecule has 2 aromatic rings. The zero-order valence-corrected chi connectivity index (χ0v) is 9.98. The number of nitrogens with one attached hydrogen (secondary N) is 1. The summed E-state index contributed by atoms with van der Waals surface area (Å²) in [5.41, 5.74) is 1.37. The number of amides is 1. The SMILES string of the molecule is O=C(O)CCC(=O)Nc1ccc(-n2nccn2)cc1. The molecular formula is C12H12N4O3. The molecule has 0 atom stereocenters. The van der Waals surface area contributed by atoms with Crippen molar-refractivity contribution in [3.63, 3.8) is 0 Å². The van der Waals surface area contributed by atoms with Crippen LogP contribution in [0.1, 0.15) is 12.8 Å². The fourth-order valence-corrected chi connectivity index (χ4v) is 1.47.